The van der Waals surface area contributed by atoms with Gasteiger partial charge in [-0.05, 0) is 36.2 Å². The molecule has 0 aliphatic heterocycles. The van der Waals surface area contributed by atoms with Gasteiger partial charge in [0, 0.05) is 22.9 Å². The lowest BCUT2D eigenvalue weighted by Gasteiger charge is -2.19. The van der Waals surface area contributed by atoms with Crippen molar-refractivity contribution in [3.05, 3.63) is 63.3 Å². The number of aromatic nitrogens is 1. The van der Waals surface area contributed by atoms with E-state index in [9.17, 15) is 13.2 Å². The van der Waals surface area contributed by atoms with Gasteiger partial charge in [0.15, 0.2) is 5.78 Å². The number of carbonyl (C=O) groups is 1. The molecule has 0 aliphatic rings. The maximum Gasteiger partial charge on any atom is 0.211 e. The molecule has 0 aliphatic carbocycles. The van der Waals surface area contributed by atoms with Crippen LogP contribution >= 0.6 is 27.5 Å². The van der Waals surface area contributed by atoms with Crippen molar-refractivity contribution in [2.75, 3.05) is 19.3 Å². The second kappa shape index (κ2) is 8.89. The van der Waals surface area contributed by atoms with E-state index in [1.54, 1.807) is 12.1 Å². The van der Waals surface area contributed by atoms with Crippen LogP contribution in [0.2, 0.25) is 5.02 Å². The van der Waals surface area contributed by atoms with Crippen LogP contribution in [-0.4, -0.2) is 42.8 Å². The molecular formula is C17H18BrClN2O3S. The summed E-state index contributed by atoms with van der Waals surface area (Å²) < 4.78 is 26.1. The fourth-order valence-corrected chi connectivity index (χ4v) is 3.63. The highest BCUT2D eigenvalue weighted by molar-refractivity contribution is 9.10. The highest BCUT2D eigenvalue weighted by atomic mass is 79.9. The number of sulfonamides is 1. The third-order valence-corrected chi connectivity index (χ3v) is 5.49. The lowest BCUT2D eigenvalue weighted by Crippen LogP contribution is -2.37. The third kappa shape index (κ3) is 6.86. The fraction of sp³-hybridized carbons (Fsp3) is 0.294. The van der Waals surface area contributed by atoms with Crippen LogP contribution in [0.3, 0.4) is 0 Å². The molecule has 0 fully saturated rings. The maximum atomic E-state index is 12.2. The smallest absolute Gasteiger partial charge is 0.211 e. The average molecular weight is 446 g/mol. The summed E-state index contributed by atoms with van der Waals surface area (Å²) in [6.07, 6.45) is 3.17. The number of pyridine rings is 1. The highest BCUT2D eigenvalue weighted by Gasteiger charge is 2.20. The molecule has 5 nitrogen and oxygen atoms in total. The third-order valence-electron chi connectivity index (χ3n) is 3.53. The van der Waals surface area contributed by atoms with Crippen LogP contribution in [0.5, 0.6) is 0 Å². The van der Waals surface area contributed by atoms with E-state index in [2.05, 4.69) is 20.9 Å². The molecule has 0 atom stereocenters. The molecule has 1 aromatic carbocycles. The van der Waals surface area contributed by atoms with Gasteiger partial charge >= 0.3 is 0 Å². The van der Waals surface area contributed by atoms with Gasteiger partial charge in [0.05, 0.1) is 24.2 Å². The molecule has 0 saturated carbocycles. The molecule has 2 rings (SSSR count). The minimum atomic E-state index is -3.48. The summed E-state index contributed by atoms with van der Waals surface area (Å²) >= 11 is 9.15. The molecule has 0 unspecified atom stereocenters. The van der Waals surface area contributed by atoms with Crippen molar-refractivity contribution in [1.29, 1.82) is 0 Å². The topological polar surface area (TPSA) is 67.3 Å². The summed E-state index contributed by atoms with van der Waals surface area (Å²) in [6.45, 7) is 0.0756. The van der Waals surface area contributed by atoms with E-state index >= 15 is 0 Å². The van der Waals surface area contributed by atoms with Gasteiger partial charge in [0.25, 0.3) is 0 Å². The van der Waals surface area contributed by atoms with Crippen molar-refractivity contribution in [3.63, 3.8) is 0 Å². The number of nitrogens with zero attached hydrogens (tertiary/aromatic N) is 2. The first-order valence-electron chi connectivity index (χ1n) is 7.56. The first kappa shape index (κ1) is 20.0. The van der Waals surface area contributed by atoms with E-state index in [1.165, 1.54) is 10.5 Å². The normalized spacial score (nSPS) is 11.7. The van der Waals surface area contributed by atoms with Crippen LogP contribution in [0.15, 0.2) is 47.1 Å². The van der Waals surface area contributed by atoms with E-state index in [0.29, 0.717) is 17.1 Å². The minimum absolute atomic E-state index is 0.0695. The number of Topliss-reactive ketones (excluding diaryl/α,β-unsaturated/α-hetero) is 1. The van der Waals surface area contributed by atoms with Crippen molar-refractivity contribution in [1.82, 2.24) is 9.29 Å². The van der Waals surface area contributed by atoms with Crippen LogP contribution in [-0.2, 0) is 27.7 Å². The van der Waals surface area contributed by atoms with E-state index in [1.807, 2.05) is 24.3 Å². The summed E-state index contributed by atoms with van der Waals surface area (Å²) in [7, 11) is -3.48. The molecule has 1 heterocycles. The van der Waals surface area contributed by atoms with Crippen molar-refractivity contribution in [2.24, 2.45) is 0 Å². The second-order valence-electron chi connectivity index (χ2n) is 5.66. The molecule has 134 valence electrons. The number of benzene rings is 1. The van der Waals surface area contributed by atoms with Gasteiger partial charge in [-0.25, -0.2) is 8.42 Å². The number of rotatable bonds is 8. The van der Waals surface area contributed by atoms with E-state index in [-0.39, 0.29) is 25.3 Å². The zero-order chi connectivity index (χ0) is 18.4. The molecule has 0 radical (unpaired) electrons. The number of ketones is 1. The predicted octanol–water partition coefficient (Wildman–Crippen LogP) is 3.11. The zero-order valence-electron chi connectivity index (χ0n) is 13.7. The van der Waals surface area contributed by atoms with Gasteiger partial charge in [-0.15, -0.1) is 0 Å². The standard InChI is InChI=1S/C17H18BrClN2O3S/c1-25(23,24)21(8-7-13-3-2-4-14(18)9-13)12-17(22)10-16-6-5-15(19)11-20-16/h2-6,9,11H,7-8,10,12H2,1H3. The summed E-state index contributed by atoms with van der Waals surface area (Å²) in [4.78, 5) is 16.3. The van der Waals surface area contributed by atoms with Gasteiger partial charge < -0.3 is 0 Å². The SMILES string of the molecule is CS(=O)(=O)N(CCc1cccc(Br)c1)CC(=O)Cc1ccc(Cl)cn1. The lowest BCUT2D eigenvalue weighted by atomic mass is 10.1. The Kier molecular flexibility index (Phi) is 7.13. The Morgan fingerprint density at radius 2 is 2.04 bits per heavy atom. The Morgan fingerprint density at radius 1 is 1.28 bits per heavy atom. The molecule has 8 heteroatoms. The Bertz CT molecular complexity index is 841. The van der Waals surface area contributed by atoms with E-state index in [0.717, 1.165) is 16.3 Å². The molecule has 0 N–H and O–H groups in total. The largest absolute Gasteiger partial charge is 0.298 e. The summed E-state index contributed by atoms with van der Waals surface area (Å²) in [5.74, 6) is -0.213. The van der Waals surface area contributed by atoms with Gasteiger partial charge in [-0.1, -0.05) is 39.7 Å². The minimum Gasteiger partial charge on any atom is -0.298 e. The number of halogens is 2. The van der Waals surface area contributed by atoms with Gasteiger partial charge in [-0.2, -0.15) is 4.31 Å². The number of carbonyl (C=O) groups excluding carboxylic acids is 1. The first-order valence-corrected chi connectivity index (χ1v) is 10.6. The van der Waals surface area contributed by atoms with Gasteiger partial charge in [0.2, 0.25) is 10.0 Å². The van der Waals surface area contributed by atoms with Crippen LogP contribution in [0, 0.1) is 0 Å². The van der Waals surface area contributed by atoms with E-state index in [4.69, 9.17) is 11.6 Å². The highest BCUT2D eigenvalue weighted by Crippen LogP contribution is 2.13. The predicted molar refractivity (Wildman–Crippen MR) is 102 cm³/mol. The molecule has 1 aromatic heterocycles. The second-order valence-corrected chi connectivity index (χ2v) is 8.99. The Morgan fingerprint density at radius 3 is 2.64 bits per heavy atom. The molecule has 25 heavy (non-hydrogen) atoms. The average Bonchev–Trinajstić information content (AvgIpc) is 2.52. The lowest BCUT2D eigenvalue weighted by molar-refractivity contribution is -0.118. The quantitative estimate of drug-likeness (QED) is 0.626. The van der Waals surface area contributed by atoms with Gasteiger partial charge in [0.1, 0.15) is 0 Å². The fourth-order valence-electron chi connectivity index (χ4n) is 2.27. The molecule has 0 spiro atoms. The van der Waals surface area contributed by atoms with Crippen LogP contribution in [0.4, 0.5) is 0 Å². The Hall–Kier alpha value is -1.28. The zero-order valence-corrected chi connectivity index (χ0v) is 16.8. The molecule has 0 bridgehead atoms. The summed E-state index contributed by atoms with van der Waals surface area (Å²) in [5, 5.41) is 0.489. The first-order chi connectivity index (χ1) is 11.7. The van der Waals surface area contributed by atoms with Crippen LogP contribution in [0.1, 0.15) is 11.3 Å². The summed E-state index contributed by atoms with van der Waals surface area (Å²) in [6, 6.07) is 11.0. The number of hydrogen-bond donors (Lipinski definition) is 0. The van der Waals surface area contributed by atoms with E-state index < -0.39 is 10.0 Å². The monoisotopic (exact) mass is 444 g/mol. The molecule has 2 aromatic rings. The van der Waals surface area contributed by atoms with Crippen LogP contribution in [0.25, 0.3) is 0 Å². The maximum absolute atomic E-state index is 12.2. The summed E-state index contributed by atoms with van der Waals surface area (Å²) in [5.41, 5.74) is 1.56. The molecule has 0 saturated heterocycles. The number of hydrogen-bond acceptors (Lipinski definition) is 4. The molecule has 0 amide bonds. The van der Waals surface area contributed by atoms with Crippen molar-refractivity contribution >= 4 is 43.3 Å². The van der Waals surface area contributed by atoms with Crippen molar-refractivity contribution in [2.45, 2.75) is 12.8 Å². The molecular weight excluding hydrogens is 428 g/mol. The van der Waals surface area contributed by atoms with Gasteiger partial charge in [-0.3, -0.25) is 9.78 Å². The van der Waals surface area contributed by atoms with Crippen molar-refractivity contribution < 1.29 is 13.2 Å². The Labute approximate surface area is 161 Å². The Balaban J connectivity index is 2.00. The van der Waals surface area contributed by atoms with Crippen LogP contribution < -0.4 is 0 Å². The van der Waals surface area contributed by atoms with Crippen molar-refractivity contribution in [3.8, 4) is 0 Å².